The quantitative estimate of drug-likeness (QED) is 0.798. The van der Waals surface area contributed by atoms with Crippen LogP contribution in [-0.2, 0) is 0 Å². The fraction of sp³-hybridized carbons (Fsp3) is 0.389. The molecule has 2 aromatic rings. The molecule has 3 unspecified atom stereocenters. The third kappa shape index (κ3) is 2.63. The van der Waals surface area contributed by atoms with Crippen LogP contribution in [0.25, 0.3) is 10.8 Å². The summed E-state index contributed by atoms with van der Waals surface area (Å²) in [4.78, 5) is 0. The molecular weight excluding hydrogens is 246 g/mol. The average molecular weight is 265 g/mol. The first-order valence-electron chi connectivity index (χ1n) is 7.31. The third-order valence-corrected chi connectivity index (χ3v) is 4.23. The van der Waals surface area contributed by atoms with Crippen LogP contribution in [-0.4, -0.2) is 6.10 Å². The van der Waals surface area contributed by atoms with Crippen LogP contribution in [0.1, 0.15) is 26.2 Å². The van der Waals surface area contributed by atoms with Crippen LogP contribution in [0.2, 0.25) is 0 Å². The summed E-state index contributed by atoms with van der Waals surface area (Å²) in [5, 5.41) is 11.7. The molecule has 1 aliphatic rings. The molecule has 2 nitrogen and oxygen atoms in total. The molecule has 0 saturated heterocycles. The lowest BCUT2D eigenvalue weighted by Gasteiger charge is -2.31. The molecule has 0 aliphatic heterocycles. The van der Waals surface area contributed by atoms with E-state index in [2.05, 4.69) is 37.3 Å². The lowest BCUT2D eigenvalue weighted by Crippen LogP contribution is -2.32. The van der Waals surface area contributed by atoms with Crippen LogP contribution in [0.4, 0.5) is 0 Å². The van der Waals surface area contributed by atoms with Crippen molar-refractivity contribution in [1.82, 2.24) is 0 Å². The molecule has 0 N–H and O–H groups in total. The average Bonchev–Trinajstić information content (AvgIpc) is 2.47. The molecule has 1 saturated carbocycles. The van der Waals surface area contributed by atoms with E-state index in [1.165, 1.54) is 10.8 Å². The van der Waals surface area contributed by atoms with Crippen molar-refractivity contribution < 1.29 is 4.74 Å². The summed E-state index contributed by atoms with van der Waals surface area (Å²) >= 11 is 0. The molecule has 3 rings (SSSR count). The Kier molecular flexibility index (Phi) is 3.60. The van der Waals surface area contributed by atoms with Crippen LogP contribution in [0.3, 0.4) is 0 Å². The van der Waals surface area contributed by atoms with Gasteiger partial charge in [0.2, 0.25) is 0 Å². The second kappa shape index (κ2) is 5.54. The van der Waals surface area contributed by atoms with Gasteiger partial charge in [-0.3, -0.25) is 0 Å². The van der Waals surface area contributed by atoms with Crippen molar-refractivity contribution in [2.24, 2.45) is 11.8 Å². The highest BCUT2D eigenvalue weighted by Crippen LogP contribution is 2.32. The van der Waals surface area contributed by atoms with E-state index in [4.69, 9.17) is 4.74 Å². The van der Waals surface area contributed by atoms with E-state index in [9.17, 15) is 5.26 Å². The molecule has 0 aromatic heterocycles. The smallest absolute Gasteiger partial charge is 0.120 e. The molecule has 2 aromatic carbocycles. The highest BCUT2D eigenvalue weighted by molar-refractivity contribution is 5.83. The Hall–Kier alpha value is -2.01. The van der Waals surface area contributed by atoms with Crippen molar-refractivity contribution in [3.8, 4) is 11.8 Å². The normalized spacial score (nSPS) is 26.1. The minimum atomic E-state index is 0.0256. The zero-order valence-electron chi connectivity index (χ0n) is 11.8. The molecule has 0 amide bonds. The number of benzene rings is 2. The fourth-order valence-electron chi connectivity index (χ4n) is 3.02. The summed E-state index contributed by atoms with van der Waals surface area (Å²) in [5.41, 5.74) is 0. The van der Waals surface area contributed by atoms with Crippen molar-refractivity contribution in [2.45, 2.75) is 32.3 Å². The van der Waals surface area contributed by atoms with Gasteiger partial charge in [0, 0.05) is 0 Å². The molecule has 0 heterocycles. The Morgan fingerprint density at radius 1 is 1.10 bits per heavy atom. The first kappa shape index (κ1) is 13.0. The predicted molar refractivity (Wildman–Crippen MR) is 80.5 cm³/mol. The highest BCUT2D eigenvalue weighted by atomic mass is 16.5. The first-order valence-corrected chi connectivity index (χ1v) is 7.31. The fourth-order valence-corrected chi connectivity index (χ4v) is 3.02. The van der Waals surface area contributed by atoms with Crippen molar-refractivity contribution in [3.05, 3.63) is 42.5 Å². The highest BCUT2D eigenvalue weighted by Gasteiger charge is 2.30. The SMILES string of the molecule is CC1CCC(C#N)C(Oc2ccc3ccccc3c2)C1. The maximum Gasteiger partial charge on any atom is 0.120 e. The van der Waals surface area contributed by atoms with E-state index in [1.807, 2.05) is 18.2 Å². The summed E-state index contributed by atoms with van der Waals surface area (Å²) in [6.45, 7) is 2.24. The van der Waals surface area contributed by atoms with Crippen molar-refractivity contribution in [1.29, 1.82) is 5.26 Å². The van der Waals surface area contributed by atoms with E-state index >= 15 is 0 Å². The number of fused-ring (bicyclic) bond motifs is 1. The number of nitriles is 1. The van der Waals surface area contributed by atoms with E-state index < -0.39 is 0 Å². The molecule has 20 heavy (non-hydrogen) atoms. The number of nitrogens with zero attached hydrogens (tertiary/aromatic N) is 1. The third-order valence-electron chi connectivity index (χ3n) is 4.23. The van der Waals surface area contributed by atoms with E-state index in [1.54, 1.807) is 0 Å². The van der Waals surface area contributed by atoms with Crippen molar-refractivity contribution in [3.63, 3.8) is 0 Å². The van der Waals surface area contributed by atoms with Gasteiger partial charge in [-0.05, 0) is 48.1 Å². The standard InChI is InChI=1S/C18H19NO/c1-13-6-7-16(12-19)18(10-13)20-17-9-8-14-4-2-3-5-15(14)11-17/h2-5,8-9,11,13,16,18H,6-7,10H2,1H3. The molecule has 0 spiro atoms. The Balaban J connectivity index is 1.82. The Morgan fingerprint density at radius 2 is 1.90 bits per heavy atom. The molecule has 3 atom stereocenters. The maximum atomic E-state index is 9.27. The van der Waals surface area contributed by atoms with Gasteiger partial charge in [-0.2, -0.15) is 5.26 Å². The van der Waals surface area contributed by atoms with Gasteiger partial charge in [0.15, 0.2) is 0 Å². The van der Waals surface area contributed by atoms with Gasteiger partial charge in [-0.25, -0.2) is 0 Å². The minimum absolute atomic E-state index is 0.0256. The Morgan fingerprint density at radius 3 is 2.70 bits per heavy atom. The number of hydrogen-bond donors (Lipinski definition) is 0. The van der Waals surface area contributed by atoms with Gasteiger partial charge >= 0.3 is 0 Å². The summed E-state index contributed by atoms with van der Waals surface area (Å²) in [6.07, 6.45) is 3.10. The van der Waals surface area contributed by atoms with Gasteiger partial charge in [0.1, 0.15) is 11.9 Å². The molecule has 102 valence electrons. The van der Waals surface area contributed by atoms with Gasteiger partial charge in [0.05, 0.1) is 12.0 Å². The first-order chi connectivity index (χ1) is 9.76. The van der Waals surface area contributed by atoms with Crippen LogP contribution in [0.5, 0.6) is 5.75 Å². The zero-order valence-corrected chi connectivity index (χ0v) is 11.8. The summed E-state index contributed by atoms with van der Waals surface area (Å²) < 4.78 is 6.11. The second-order valence-electron chi connectivity index (χ2n) is 5.82. The molecule has 1 aliphatic carbocycles. The lowest BCUT2D eigenvalue weighted by atomic mass is 9.81. The zero-order chi connectivity index (χ0) is 13.9. The Labute approximate surface area is 120 Å². The lowest BCUT2D eigenvalue weighted by molar-refractivity contribution is 0.0958. The number of rotatable bonds is 2. The summed E-state index contributed by atoms with van der Waals surface area (Å²) in [5.74, 6) is 1.55. The van der Waals surface area contributed by atoms with Crippen molar-refractivity contribution in [2.75, 3.05) is 0 Å². The van der Waals surface area contributed by atoms with E-state index in [0.717, 1.165) is 25.0 Å². The Bertz CT molecular complexity index is 643. The minimum Gasteiger partial charge on any atom is -0.489 e. The van der Waals surface area contributed by atoms with Gasteiger partial charge in [-0.15, -0.1) is 0 Å². The molecular formula is C18H19NO. The maximum absolute atomic E-state index is 9.27. The number of hydrogen-bond acceptors (Lipinski definition) is 2. The monoisotopic (exact) mass is 265 g/mol. The summed E-state index contributed by atoms with van der Waals surface area (Å²) in [6, 6.07) is 16.8. The second-order valence-corrected chi connectivity index (χ2v) is 5.82. The largest absolute Gasteiger partial charge is 0.489 e. The van der Waals surface area contributed by atoms with Gasteiger partial charge < -0.3 is 4.74 Å². The molecule has 0 radical (unpaired) electrons. The van der Waals surface area contributed by atoms with Gasteiger partial charge in [-0.1, -0.05) is 37.3 Å². The van der Waals surface area contributed by atoms with Crippen LogP contribution < -0.4 is 4.74 Å². The topological polar surface area (TPSA) is 33.0 Å². The van der Waals surface area contributed by atoms with E-state index in [-0.39, 0.29) is 12.0 Å². The predicted octanol–water partition coefficient (Wildman–Crippen LogP) is 4.55. The van der Waals surface area contributed by atoms with E-state index in [0.29, 0.717) is 5.92 Å². The van der Waals surface area contributed by atoms with Crippen LogP contribution in [0, 0.1) is 23.2 Å². The van der Waals surface area contributed by atoms with Crippen molar-refractivity contribution >= 4 is 10.8 Å². The van der Waals surface area contributed by atoms with Crippen LogP contribution in [0.15, 0.2) is 42.5 Å². The van der Waals surface area contributed by atoms with Crippen LogP contribution >= 0.6 is 0 Å². The molecule has 2 heteroatoms. The summed E-state index contributed by atoms with van der Waals surface area (Å²) in [7, 11) is 0. The molecule has 1 fully saturated rings. The molecule has 0 bridgehead atoms. The van der Waals surface area contributed by atoms with Gasteiger partial charge in [0.25, 0.3) is 0 Å². The number of ether oxygens (including phenoxy) is 1.